The first-order valence-electron chi connectivity index (χ1n) is 4.99. The van der Waals surface area contributed by atoms with Crippen molar-refractivity contribution in [1.29, 1.82) is 0 Å². The molecule has 0 unspecified atom stereocenters. The molecule has 2 aromatic heterocycles. The van der Waals surface area contributed by atoms with Gasteiger partial charge in [0.25, 0.3) is 0 Å². The fraction of sp³-hybridized carbons (Fsp3) is 0.182. The Labute approximate surface area is 104 Å². The molecule has 0 spiro atoms. The predicted molar refractivity (Wildman–Crippen MR) is 65.2 cm³/mol. The van der Waals surface area contributed by atoms with Gasteiger partial charge < -0.3 is 10.1 Å². The largest absolute Gasteiger partial charge is 0.480 e. The Morgan fingerprint density at radius 2 is 2.06 bits per heavy atom. The summed E-state index contributed by atoms with van der Waals surface area (Å²) in [5.41, 5.74) is 0.728. The molecular weight excluding hydrogens is 240 g/mol. The molecule has 0 aromatic carbocycles. The van der Waals surface area contributed by atoms with Gasteiger partial charge in [0.05, 0.1) is 18.7 Å². The predicted octanol–water partition coefficient (Wildman–Crippen LogP) is 2.15. The van der Waals surface area contributed by atoms with E-state index in [1.54, 1.807) is 37.8 Å². The number of rotatable bonds is 4. The number of ether oxygens (including phenoxy) is 1. The zero-order chi connectivity index (χ0) is 12.1. The van der Waals surface area contributed by atoms with E-state index in [0.29, 0.717) is 17.4 Å². The lowest BCUT2D eigenvalue weighted by atomic mass is 10.4. The molecule has 2 rings (SSSR count). The van der Waals surface area contributed by atoms with Crippen molar-refractivity contribution in [2.24, 2.45) is 0 Å². The van der Waals surface area contributed by atoms with Gasteiger partial charge in [0, 0.05) is 18.6 Å². The summed E-state index contributed by atoms with van der Waals surface area (Å²) in [6.07, 6.45) is 4.79. The summed E-state index contributed by atoms with van der Waals surface area (Å²) >= 11 is 5.74. The van der Waals surface area contributed by atoms with Gasteiger partial charge in [-0.15, -0.1) is 0 Å². The number of nitrogens with one attached hydrogen (secondary N) is 1. The maximum Gasteiger partial charge on any atom is 0.237 e. The second-order valence-corrected chi connectivity index (χ2v) is 3.66. The number of hydrogen-bond acceptors (Lipinski definition) is 5. The molecule has 88 valence electrons. The van der Waals surface area contributed by atoms with Crippen molar-refractivity contribution in [2.45, 2.75) is 6.54 Å². The molecule has 0 saturated heterocycles. The first-order chi connectivity index (χ1) is 8.29. The van der Waals surface area contributed by atoms with Crippen LogP contribution in [0.4, 0.5) is 5.82 Å². The molecule has 0 aliphatic carbocycles. The van der Waals surface area contributed by atoms with E-state index in [4.69, 9.17) is 16.3 Å². The minimum absolute atomic E-state index is 0.492. The Balaban J connectivity index is 2.04. The number of hydrogen-bond donors (Lipinski definition) is 1. The van der Waals surface area contributed by atoms with Crippen LogP contribution in [0.2, 0.25) is 5.02 Å². The maximum atomic E-state index is 5.74. The molecule has 6 heteroatoms. The average Bonchev–Trinajstić information content (AvgIpc) is 2.38. The Morgan fingerprint density at radius 3 is 2.76 bits per heavy atom. The fourth-order valence-electron chi connectivity index (χ4n) is 1.30. The normalized spacial score (nSPS) is 10.0. The van der Waals surface area contributed by atoms with Gasteiger partial charge in [0.2, 0.25) is 5.88 Å². The van der Waals surface area contributed by atoms with Gasteiger partial charge in [-0.25, -0.2) is 9.97 Å². The van der Waals surface area contributed by atoms with Crippen molar-refractivity contribution < 1.29 is 4.74 Å². The molecule has 0 amide bonds. The van der Waals surface area contributed by atoms with Crippen LogP contribution in [-0.2, 0) is 6.54 Å². The summed E-state index contributed by atoms with van der Waals surface area (Å²) < 4.78 is 5.10. The van der Waals surface area contributed by atoms with Crippen LogP contribution in [0.25, 0.3) is 0 Å². The van der Waals surface area contributed by atoms with Crippen LogP contribution in [0, 0.1) is 0 Å². The minimum atomic E-state index is 0.492. The molecule has 2 heterocycles. The zero-order valence-corrected chi connectivity index (χ0v) is 9.98. The first-order valence-corrected chi connectivity index (χ1v) is 5.36. The molecule has 0 atom stereocenters. The Kier molecular flexibility index (Phi) is 3.72. The van der Waals surface area contributed by atoms with Crippen molar-refractivity contribution >= 4 is 17.4 Å². The van der Waals surface area contributed by atoms with E-state index >= 15 is 0 Å². The van der Waals surface area contributed by atoms with E-state index in [9.17, 15) is 0 Å². The zero-order valence-electron chi connectivity index (χ0n) is 9.22. The van der Waals surface area contributed by atoms with Gasteiger partial charge in [-0.3, -0.25) is 4.98 Å². The molecule has 0 bridgehead atoms. The van der Waals surface area contributed by atoms with Crippen LogP contribution in [0.15, 0.2) is 30.7 Å². The van der Waals surface area contributed by atoms with E-state index < -0.39 is 0 Å². The molecular formula is C11H11ClN4O. The number of aromatic nitrogens is 3. The average molecular weight is 251 g/mol. The standard InChI is InChI=1S/C11H11ClN4O/c1-17-11-9(13-4-5-14-11)7-16-10-3-2-8(12)6-15-10/h2-6H,7H2,1H3,(H,15,16). The highest BCUT2D eigenvalue weighted by Crippen LogP contribution is 2.14. The van der Waals surface area contributed by atoms with Crippen LogP contribution < -0.4 is 10.1 Å². The van der Waals surface area contributed by atoms with Gasteiger partial charge in [-0.2, -0.15) is 0 Å². The second-order valence-electron chi connectivity index (χ2n) is 3.23. The first kappa shape index (κ1) is 11.6. The minimum Gasteiger partial charge on any atom is -0.480 e. The molecule has 0 fully saturated rings. The molecule has 0 aliphatic rings. The van der Waals surface area contributed by atoms with Crippen LogP contribution >= 0.6 is 11.6 Å². The van der Waals surface area contributed by atoms with Crippen molar-refractivity contribution in [2.75, 3.05) is 12.4 Å². The SMILES string of the molecule is COc1nccnc1CNc1ccc(Cl)cn1. The van der Waals surface area contributed by atoms with E-state index in [2.05, 4.69) is 20.3 Å². The molecule has 5 nitrogen and oxygen atoms in total. The van der Waals surface area contributed by atoms with E-state index in [1.807, 2.05) is 0 Å². The summed E-state index contributed by atoms with van der Waals surface area (Å²) in [6.45, 7) is 0.492. The van der Waals surface area contributed by atoms with Gasteiger partial charge in [-0.05, 0) is 12.1 Å². The lowest BCUT2D eigenvalue weighted by Crippen LogP contribution is -2.05. The topological polar surface area (TPSA) is 59.9 Å². The van der Waals surface area contributed by atoms with Crippen LogP contribution in [-0.4, -0.2) is 22.1 Å². The fourth-order valence-corrected chi connectivity index (χ4v) is 1.41. The monoisotopic (exact) mass is 250 g/mol. The number of pyridine rings is 1. The van der Waals surface area contributed by atoms with Crippen molar-refractivity contribution in [3.63, 3.8) is 0 Å². The van der Waals surface area contributed by atoms with Crippen molar-refractivity contribution in [3.05, 3.63) is 41.4 Å². The number of methoxy groups -OCH3 is 1. The van der Waals surface area contributed by atoms with Gasteiger partial charge in [-0.1, -0.05) is 11.6 Å². The number of nitrogens with zero attached hydrogens (tertiary/aromatic N) is 3. The molecule has 0 aliphatic heterocycles. The number of halogens is 1. The smallest absolute Gasteiger partial charge is 0.237 e. The molecule has 1 N–H and O–H groups in total. The third-order valence-corrected chi connectivity index (χ3v) is 2.32. The molecule has 17 heavy (non-hydrogen) atoms. The van der Waals surface area contributed by atoms with E-state index in [1.165, 1.54) is 0 Å². The highest BCUT2D eigenvalue weighted by Gasteiger charge is 2.04. The lowest BCUT2D eigenvalue weighted by Gasteiger charge is -2.07. The Bertz CT molecular complexity index is 489. The van der Waals surface area contributed by atoms with Crippen molar-refractivity contribution in [1.82, 2.24) is 15.0 Å². The third-order valence-electron chi connectivity index (χ3n) is 2.09. The summed E-state index contributed by atoms with van der Waals surface area (Å²) in [6, 6.07) is 3.57. The third kappa shape index (κ3) is 3.04. The van der Waals surface area contributed by atoms with Crippen LogP contribution in [0.1, 0.15) is 5.69 Å². The summed E-state index contributed by atoms with van der Waals surface area (Å²) in [4.78, 5) is 12.4. The highest BCUT2D eigenvalue weighted by molar-refractivity contribution is 6.30. The van der Waals surface area contributed by atoms with Gasteiger partial charge in [0.1, 0.15) is 11.5 Å². The summed E-state index contributed by atoms with van der Waals surface area (Å²) in [7, 11) is 1.56. The van der Waals surface area contributed by atoms with Gasteiger partial charge >= 0.3 is 0 Å². The maximum absolute atomic E-state index is 5.74. The second kappa shape index (κ2) is 5.45. The summed E-state index contributed by atoms with van der Waals surface area (Å²) in [5, 5.41) is 3.71. The van der Waals surface area contributed by atoms with Gasteiger partial charge in [0.15, 0.2) is 0 Å². The quantitative estimate of drug-likeness (QED) is 0.901. The van der Waals surface area contributed by atoms with E-state index in [0.717, 1.165) is 11.5 Å². The van der Waals surface area contributed by atoms with E-state index in [-0.39, 0.29) is 0 Å². The van der Waals surface area contributed by atoms with Crippen molar-refractivity contribution in [3.8, 4) is 5.88 Å². The molecule has 2 aromatic rings. The molecule has 0 saturated carbocycles. The van der Waals surface area contributed by atoms with Crippen LogP contribution in [0.3, 0.4) is 0 Å². The highest BCUT2D eigenvalue weighted by atomic mass is 35.5. The Hall–Kier alpha value is -1.88. The number of anilines is 1. The Morgan fingerprint density at radius 1 is 1.24 bits per heavy atom. The van der Waals surface area contributed by atoms with Crippen LogP contribution in [0.5, 0.6) is 5.88 Å². The summed E-state index contributed by atoms with van der Waals surface area (Å²) in [5.74, 6) is 1.23. The lowest BCUT2D eigenvalue weighted by molar-refractivity contribution is 0.390. The molecule has 0 radical (unpaired) electrons.